The normalized spacial score (nSPS) is 15.0. The molecule has 1 aliphatic rings. The molecule has 162 valence electrons. The van der Waals surface area contributed by atoms with Gasteiger partial charge in [-0.05, 0) is 56.0 Å². The lowest BCUT2D eigenvalue weighted by Gasteiger charge is -2.26. The molecule has 3 rings (SSSR count). The molecule has 2 N–H and O–H groups in total. The molecule has 0 atom stereocenters. The number of thiophene rings is 1. The largest absolute Gasteiger partial charge is 0.279 e. The van der Waals surface area contributed by atoms with Gasteiger partial charge in [0.05, 0.1) is 20.4 Å². The van der Waals surface area contributed by atoms with Crippen LogP contribution in [0.25, 0.3) is 0 Å². The average molecular weight is 470 g/mol. The van der Waals surface area contributed by atoms with E-state index in [2.05, 4.69) is 10.9 Å². The number of nitrogens with one attached hydrogen (secondary N) is 2. The van der Waals surface area contributed by atoms with Crippen LogP contribution >= 0.6 is 22.9 Å². The third-order valence-corrected chi connectivity index (χ3v) is 8.59. The summed E-state index contributed by atoms with van der Waals surface area (Å²) in [6.07, 6.45) is 3.45. The van der Waals surface area contributed by atoms with E-state index in [1.165, 1.54) is 33.8 Å². The molecule has 30 heavy (non-hydrogen) atoms. The first-order valence-electron chi connectivity index (χ1n) is 9.73. The average Bonchev–Trinajstić information content (AvgIpc) is 3.13. The standard InChI is InChI=1S/C20H24ClN3O4S2/c1-3-17-13(2)11-18(29-17)20(26)23-22-19(25)15-12-14(7-8-16(15)21)30(27,28)24-9-5-4-6-10-24/h7-8,11-12H,3-6,9-10H2,1-2H3,(H,22,25)(H,23,26). The minimum Gasteiger partial charge on any atom is -0.267 e. The van der Waals surface area contributed by atoms with Gasteiger partial charge in [0.2, 0.25) is 10.0 Å². The molecule has 0 aliphatic carbocycles. The fraction of sp³-hybridized carbons (Fsp3) is 0.400. The fourth-order valence-corrected chi connectivity index (χ4v) is 6.07. The second kappa shape index (κ2) is 9.47. The van der Waals surface area contributed by atoms with Crippen LogP contribution in [0.4, 0.5) is 0 Å². The van der Waals surface area contributed by atoms with Gasteiger partial charge in [0.25, 0.3) is 11.8 Å². The lowest BCUT2D eigenvalue weighted by Crippen LogP contribution is -2.41. The third-order valence-electron chi connectivity index (χ3n) is 4.99. The van der Waals surface area contributed by atoms with Crippen LogP contribution in [-0.2, 0) is 16.4 Å². The van der Waals surface area contributed by atoms with Crippen molar-refractivity contribution in [3.63, 3.8) is 0 Å². The van der Waals surface area contributed by atoms with E-state index in [1.54, 1.807) is 6.07 Å². The Labute approximate surface area is 185 Å². The smallest absolute Gasteiger partial charge is 0.267 e. The SMILES string of the molecule is CCc1sc(C(=O)NNC(=O)c2cc(S(=O)(=O)N3CCCCC3)ccc2Cl)cc1C. The Morgan fingerprint density at radius 1 is 1.10 bits per heavy atom. The van der Waals surface area contributed by atoms with E-state index in [1.807, 2.05) is 13.8 Å². The van der Waals surface area contributed by atoms with Crippen LogP contribution in [0, 0.1) is 6.92 Å². The Balaban J connectivity index is 1.74. The Morgan fingerprint density at radius 2 is 1.77 bits per heavy atom. The molecule has 1 saturated heterocycles. The highest BCUT2D eigenvalue weighted by Crippen LogP contribution is 2.25. The summed E-state index contributed by atoms with van der Waals surface area (Å²) in [5.41, 5.74) is 5.69. The number of carbonyl (C=O) groups excluding carboxylic acids is 2. The van der Waals surface area contributed by atoms with Crippen molar-refractivity contribution in [1.29, 1.82) is 0 Å². The Hall–Kier alpha value is -1.94. The van der Waals surface area contributed by atoms with Crippen molar-refractivity contribution < 1.29 is 18.0 Å². The number of carbonyl (C=O) groups is 2. The summed E-state index contributed by atoms with van der Waals surface area (Å²) in [7, 11) is -3.71. The molecule has 2 heterocycles. The summed E-state index contributed by atoms with van der Waals surface area (Å²) in [6, 6.07) is 5.79. The van der Waals surface area contributed by atoms with E-state index in [0.29, 0.717) is 18.0 Å². The van der Waals surface area contributed by atoms with E-state index in [4.69, 9.17) is 11.6 Å². The van der Waals surface area contributed by atoms with Gasteiger partial charge in [-0.1, -0.05) is 24.9 Å². The summed E-state index contributed by atoms with van der Waals surface area (Å²) >= 11 is 7.49. The number of piperidine rings is 1. The molecule has 0 radical (unpaired) electrons. The molecule has 1 aromatic carbocycles. The molecule has 2 amide bonds. The second-order valence-electron chi connectivity index (χ2n) is 7.09. The molecule has 1 fully saturated rings. The maximum Gasteiger partial charge on any atom is 0.279 e. The lowest BCUT2D eigenvalue weighted by molar-refractivity contribution is 0.0849. The second-order valence-corrected chi connectivity index (χ2v) is 10.6. The van der Waals surface area contributed by atoms with Crippen molar-refractivity contribution >= 4 is 44.8 Å². The van der Waals surface area contributed by atoms with Crippen molar-refractivity contribution in [2.45, 2.75) is 44.4 Å². The number of benzene rings is 1. The summed E-state index contributed by atoms with van der Waals surface area (Å²) in [6.45, 7) is 4.86. The van der Waals surface area contributed by atoms with Crippen LogP contribution in [0.1, 0.15) is 56.7 Å². The van der Waals surface area contributed by atoms with Crippen molar-refractivity contribution in [3.05, 3.63) is 50.2 Å². The molecule has 1 aromatic heterocycles. The van der Waals surface area contributed by atoms with Crippen LogP contribution < -0.4 is 10.9 Å². The zero-order chi connectivity index (χ0) is 21.9. The fourth-order valence-electron chi connectivity index (χ4n) is 3.32. The summed E-state index contributed by atoms with van der Waals surface area (Å²) in [5, 5.41) is 0.0968. The number of nitrogens with zero attached hydrogens (tertiary/aromatic N) is 1. The van der Waals surface area contributed by atoms with Gasteiger partial charge < -0.3 is 0 Å². The van der Waals surface area contributed by atoms with E-state index in [0.717, 1.165) is 36.1 Å². The van der Waals surface area contributed by atoms with Gasteiger partial charge in [-0.15, -0.1) is 11.3 Å². The van der Waals surface area contributed by atoms with Gasteiger partial charge in [0.1, 0.15) is 0 Å². The van der Waals surface area contributed by atoms with Crippen LogP contribution in [0.2, 0.25) is 5.02 Å². The Bertz CT molecular complexity index is 1060. The van der Waals surface area contributed by atoms with Crippen LogP contribution in [0.3, 0.4) is 0 Å². The minimum atomic E-state index is -3.71. The number of hydrazine groups is 1. The molecule has 7 nitrogen and oxygen atoms in total. The highest BCUT2D eigenvalue weighted by molar-refractivity contribution is 7.89. The molecule has 0 unspecified atom stereocenters. The third kappa shape index (κ3) is 4.85. The Morgan fingerprint density at radius 3 is 2.40 bits per heavy atom. The van der Waals surface area contributed by atoms with Crippen molar-refractivity contribution in [2.24, 2.45) is 0 Å². The molecule has 0 spiro atoms. The Kier molecular flexibility index (Phi) is 7.18. The van der Waals surface area contributed by atoms with Crippen molar-refractivity contribution in [3.8, 4) is 0 Å². The van der Waals surface area contributed by atoms with Crippen molar-refractivity contribution in [1.82, 2.24) is 15.2 Å². The number of hydrogen-bond donors (Lipinski definition) is 2. The predicted octanol–water partition coefficient (Wildman–Crippen LogP) is 3.52. The van der Waals surface area contributed by atoms with Gasteiger partial charge in [-0.3, -0.25) is 20.4 Å². The maximum atomic E-state index is 12.9. The van der Waals surface area contributed by atoms with Crippen LogP contribution in [0.15, 0.2) is 29.2 Å². The lowest BCUT2D eigenvalue weighted by atomic mass is 10.2. The topological polar surface area (TPSA) is 95.6 Å². The van der Waals surface area contributed by atoms with E-state index >= 15 is 0 Å². The molecular formula is C20H24ClN3O4S2. The molecule has 10 heteroatoms. The number of sulfonamides is 1. The monoisotopic (exact) mass is 469 g/mol. The molecule has 2 aromatic rings. The minimum absolute atomic E-state index is 0.00625. The zero-order valence-corrected chi connectivity index (χ0v) is 19.2. The predicted molar refractivity (Wildman–Crippen MR) is 117 cm³/mol. The number of aryl methyl sites for hydroxylation is 2. The number of hydrogen-bond acceptors (Lipinski definition) is 5. The van der Waals surface area contributed by atoms with E-state index in [-0.39, 0.29) is 15.5 Å². The number of rotatable bonds is 5. The van der Waals surface area contributed by atoms with Gasteiger partial charge in [0, 0.05) is 18.0 Å². The first-order chi connectivity index (χ1) is 14.2. The van der Waals surface area contributed by atoms with Crippen LogP contribution in [-0.4, -0.2) is 37.6 Å². The molecule has 1 aliphatic heterocycles. The first-order valence-corrected chi connectivity index (χ1v) is 12.4. The zero-order valence-electron chi connectivity index (χ0n) is 16.8. The molecule has 0 saturated carbocycles. The summed E-state index contributed by atoms with van der Waals surface area (Å²) < 4.78 is 27.2. The summed E-state index contributed by atoms with van der Waals surface area (Å²) in [5.74, 6) is -1.13. The highest BCUT2D eigenvalue weighted by atomic mass is 35.5. The van der Waals surface area contributed by atoms with E-state index in [9.17, 15) is 18.0 Å². The van der Waals surface area contributed by atoms with Gasteiger partial charge in [-0.25, -0.2) is 8.42 Å². The molecule has 0 bridgehead atoms. The maximum absolute atomic E-state index is 12.9. The van der Waals surface area contributed by atoms with Gasteiger partial charge in [0.15, 0.2) is 0 Å². The van der Waals surface area contributed by atoms with Gasteiger partial charge in [-0.2, -0.15) is 4.31 Å². The number of halogens is 1. The number of amides is 2. The van der Waals surface area contributed by atoms with Gasteiger partial charge >= 0.3 is 0 Å². The summed E-state index contributed by atoms with van der Waals surface area (Å²) in [4.78, 5) is 26.5. The van der Waals surface area contributed by atoms with Crippen LogP contribution in [0.5, 0.6) is 0 Å². The highest BCUT2D eigenvalue weighted by Gasteiger charge is 2.27. The first kappa shape index (κ1) is 22.7. The van der Waals surface area contributed by atoms with E-state index < -0.39 is 21.8 Å². The van der Waals surface area contributed by atoms with Crippen molar-refractivity contribution in [2.75, 3.05) is 13.1 Å². The molecular weight excluding hydrogens is 446 g/mol. The quantitative estimate of drug-likeness (QED) is 0.655.